The third kappa shape index (κ3) is 3.72. The van der Waals surface area contributed by atoms with E-state index in [1.807, 2.05) is 0 Å². The highest BCUT2D eigenvalue weighted by Crippen LogP contribution is 2.39. The van der Waals surface area contributed by atoms with Crippen molar-refractivity contribution in [3.05, 3.63) is 76.8 Å². The summed E-state index contributed by atoms with van der Waals surface area (Å²) in [5.74, 6) is -1.81. The fraction of sp³-hybridized carbons (Fsp3) is 0.136. The van der Waals surface area contributed by atoms with Crippen LogP contribution in [0.15, 0.2) is 64.5 Å². The molecular formula is C22H18F2N2O4S. The molecule has 0 radical (unpaired) electrons. The quantitative estimate of drug-likeness (QED) is 0.495. The van der Waals surface area contributed by atoms with Crippen molar-refractivity contribution in [2.24, 2.45) is 7.05 Å². The lowest BCUT2D eigenvalue weighted by Gasteiger charge is -2.13. The van der Waals surface area contributed by atoms with Gasteiger partial charge in [0, 0.05) is 42.0 Å². The molecule has 2 aromatic heterocycles. The van der Waals surface area contributed by atoms with Gasteiger partial charge in [-0.1, -0.05) is 6.92 Å². The minimum atomic E-state index is -3.54. The third-order valence-corrected chi connectivity index (χ3v) is 6.75. The van der Waals surface area contributed by atoms with Gasteiger partial charge in [-0.2, -0.15) is 0 Å². The fourth-order valence-electron chi connectivity index (χ4n) is 3.28. The topological polar surface area (TPSA) is 81.2 Å². The lowest BCUT2D eigenvalue weighted by atomic mass is 10.0. The summed E-state index contributed by atoms with van der Waals surface area (Å²) in [6.45, 7) is 1.53. The van der Waals surface area contributed by atoms with Gasteiger partial charge in [-0.3, -0.25) is 4.79 Å². The fourth-order valence-corrected chi connectivity index (χ4v) is 4.19. The number of aromatic amines is 1. The summed E-state index contributed by atoms with van der Waals surface area (Å²) >= 11 is 0. The standard InChI is InChI=1S/C22H18F2N2O4S/c1-3-31(28,29)14-5-7-19(30-20-6-4-13(23)10-18(20)24)16(11-14)17-12-25-21-15(17)8-9-26(2)22(21)27/h4-12,25H,3H2,1-2H3. The number of benzene rings is 2. The Kier molecular flexibility index (Phi) is 5.14. The number of hydrogen-bond acceptors (Lipinski definition) is 4. The Morgan fingerprint density at radius 2 is 1.77 bits per heavy atom. The Morgan fingerprint density at radius 1 is 1.03 bits per heavy atom. The van der Waals surface area contributed by atoms with E-state index in [-0.39, 0.29) is 27.7 Å². The lowest BCUT2D eigenvalue weighted by molar-refractivity contribution is 0.438. The summed E-state index contributed by atoms with van der Waals surface area (Å²) in [4.78, 5) is 15.4. The molecule has 4 rings (SSSR count). The van der Waals surface area contributed by atoms with Gasteiger partial charge < -0.3 is 14.3 Å². The zero-order valence-corrected chi connectivity index (χ0v) is 17.5. The summed E-state index contributed by atoms with van der Waals surface area (Å²) in [7, 11) is -1.92. The molecule has 31 heavy (non-hydrogen) atoms. The first-order valence-corrected chi connectivity index (χ1v) is 11.0. The van der Waals surface area contributed by atoms with Crippen LogP contribution in [0.5, 0.6) is 11.5 Å². The van der Waals surface area contributed by atoms with Crippen molar-refractivity contribution < 1.29 is 21.9 Å². The molecule has 0 aliphatic carbocycles. The van der Waals surface area contributed by atoms with Gasteiger partial charge in [0.15, 0.2) is 21.4 Å². The van der Waals surface area contributed by atoms with E-state index in [4.69, 9.17) is 4.74 Å². The number of aromatic nitrogens is 2. The molecule has 4 aromatic rings. The first-order chi connectivity index (χ1) is 14.7. The van der Waals surface area contributed by atoms with Gasteiger partial charge in [0.25, 0.3) is 5.56 Å². The van der Waals surface area contributed by atoms with Gasteiger partial charge in [0.1, 0.15) is 17.1 Å². The summed E-state index contributed by atoms with van der Waals surface area (Å²) in [6, 6.07) is 8.83. The molecule has 0 saturated carbocycles. The van der Waals surface area contributed by atoms with E-state index in [1.54, 1.807) is 25.5 Å². The first-order valence-electron chi connectivity index (χ1n) is 9.38. The Balaban J connectivity index is 1.95. The van der Waals surface area contributed by atoms with Gasteiger partial charge in [-0.05, 0) is 36.4 Å². The maximum absolute atomic E-state index is 14.2. The molecule has 0 atom stereocenters. The molecule has 0 aliphatic rings. The molecule has 0 bridgehead atoms. The van der Waals surface area contributed by atoms with Crippen LogP contribution in [0.3, 0.4) is 0 Å². The van der Waals surface area contributed by atoms with Gasteiger partial charge in [-0.15, -0.1) is 0 Å². The van der Waals surface area contributed by atoms with Gasteiger partial charge >= 0.3 is 0 Å². The largest absolute Gasteiger partial charge is 0.454 e. The van der Waals surface area contributed by atoms with Crippen LogP contribution < -0.4 is 10.3 Å². The number of halogens is 2. The van der Waals surface area contributed by atoms with Crippen LogP contribution in [0.1, 0.15) is 6.92 Å². The van der Waals surface area contributed by atoms with Crippen molar-refractivity contribution in [1.82, 2.24) is 9.55 Å². The molecule has 0 amide bonds. The average molecular weight is 444 g/mol. The zero-order valence-electron chi connectivity index (χ0n) is 16.6. The number of rotatable bonds is 5. The Morgan fingerprint density at radius 3 is 2.48 bits per heavy atom. The van der Waals surface area contributed by atoms with Crippen molar-refractivity contribution in [2.75, 3.05) is 5.75 Å². The minimum Gasteiger partial charge on any atom is -0.454 e. The maximum Gasteiger partial charge on any atom is 0.274 e. The molecule has 0 unspecified atom stereocenters. The molecule has 0 spiro atoms. The number of sulfone groups is 1. The van der Waals surface area contributed by atoms with E-state index in [1.165, 1.54) is 29.7 Å². The smallest absolute Gasteiger partial charge is 0.274 e. The minimum absolute atomic E-state index is 0.0649. The molecule has 9 heteroatoms. The first kappa shape index (κ1) is 20.8. The summed E-state index contributed by atoms with van der Waals surface area (Å²) in [6.07, 6.45) is 3.16. The number of hydrogen-bond donors (Lipinski definition) is 1. The third-order valence-electron chi connectivity index (χ3n) is 5.01. The normalized spacial score (nSPS) is 11.7. The molecular weight excluding hydrogens is 426 g/mol. The lowest BCUT2D eigenvalue weighted by Crippen LogP contribution is -2.15. The number of ether oxygens (including phenoxy) is 1. The summed E-state index contributed by atoms with van der Waals surface area (Å²) < 4.78 is 59.4. The van der Waals surface area contributed by atoms with Crippen molar-refractivity contribution >= 4 is 20.7 Å². The predicted molar refractivity (Wildman–Crippen MR) is 113 cm³/mol. The van der Waals surface area contributed by atoms with E-state index in [0.717, 1.165) is 12.1 Å². The predicted octanol–water partition coefficient (Wildman–Crippen LogP) is 4.40. The van der Waals surface area contributed by atoms with Gasteiger partial charge in [-0.25, -0.2) is 17.2 Å². The maximum atomic E-state index is 14.2. The van der Waals surface area contributed by atoms with Crippen LogP contribution >= 0.6 is 0 Å². The number of H-pyrrole nitrogens is 1. The molecule has 0 fully saturated rings. The number of nitrogens with one attached hydrogen (secondary N) is 1. The van der Waals surface area contributed by atoms with Gasteiger partial charge in [0.2, 0.25) is 0 Å². The highest BCUT2D eigenvalue weighted by molar-refractivity contribution is 7.91. The molecule has 1 N–H and O–H groups in total. The van der Waals surface area contributed by atoms with Gasteiger partial charge in [0.05, 0.1) is 10.6 Å². The van der Waals surface area contributed by atoms with Crippen LogP contribution in [-0.2, 0) is 16.9 Å². The van der Waals surface area contributed by atoms with Crippen LogP contribution in [0.2, 0.25) is 0 Å². The number of aryl methyl sites for hydroxylation is 1. The van der Waals surface area contributed by atoms with E-state index in [0.29, 0.717) is 28.1 Å². The number of nitrogens with zero attached hydrogens (tertiary/aromatic N) is 1. The SMILES string of the molecule is CCS(=O)(=O)c1ccc(Oc2ccc(F)cc2F)c(-c2c[nH]c3c(=O)n(C)ccc23)c1. The number of pyridine rings is 1. The molecule has 2 aromatic carbocycles. The second-order valence-corrected chi connectivity index (χ2v) is 9.24. The van der Waals surface area contributed by atoms with Crippen LogP contribution in [0.25, 0.3) is 22.0 Å². The van der Waals surface area contributed by atoms with E-state index < -0.39 is 21.5 Å². The van der Waals surface area contributed by atoms with Crippen molar-refractivity contribution in [3.63, 3.8) is 0 Å². The molecule has 0 aliphatic heterocycles. The Labute approximate surface area is 176 Å². The molecule has 2 heterocycles. The van der Waals surface area contributed by atoms with Crippen molar-refractivity contribution in [1.29, 1.82) is 0 Å². The summed E-state index contributed by atoms with van der Waals surface area (Å²) in [5, 5.41) is 0.554. The second-order valence-electron chi connectivity index (χ2n) is 6.96. The highest BCUT2D eigenvalue weighted by atomic mass is 32.2. The highest BCUT2D eigenvalue weighted by Gasteiger charge is 2.20. The molecule has 0 saturated heterocycles. The molecule has 160 valence electrons. The van der Waals surface area contributed by atoms with Crippen molar-refractivity contribution in [3.8, 4) is 22.6 Å². The van der Waals surface area contributed by atoms with E-state index in [9.17, 15) is 22.0 Å². The Hall–Kier alpha value is -3.46. The molecule has 6 nitrogen and oxygen atoms in total. The van der Waals surface area contributed by atoms with Crippen LogP contribution in [0, 0.1) is 11.6 Å². The zero-order chi connectivity index (χ0) is 22.3. The monoisotopic (exact) mass is 444 g/mol. The second kappa shape index (κ2) is 7.66. The van der Waals surface area contributed by atoms with Crippen LogP contribution in [0.4, 0.5) is 8.78 Å². The van der Waals surface area contributed by atoms with Crippen LogP contribution in [-0.4, -0.2) is 23.7 Å². The van der Waals surface area contributed by atoms with E-state index in [2.05, 4.69) is 4.98 Å². The average Bonchev–Trinajstić information content (AvgIpc) is 3.17. The Bertz CT molecular complexity index is 1470. The van der Waals surface area contributed by atoms with E-state index >= 15 is 0 Å². The van der Waals surface area contributed by atoms with Crippen molar-refractivity contribution in [2.45, 2.75) is 11.8 Å². The number of fused-ring (bicyclic) bond motifs is 1. The summed E-state index contributed by atoms with van der Waals surface area (Å²) in [5.41, 5.74) is 0.937.